The molecule has 0 saturated heterocycles. The summed E-state index contributed by atoms with van der Waals surface area (Å²) in [6, 6.07) is 9.48. The van der Waals surface area contributed by atoms with Crippen LogP contribution in [0.5, 0.6) is 0 Å². The Morgan fingerprint density at radius 3 is 2.77 bits per heavy atom. The summed E-state index contributed by atoms with van der Waals surface area (Å²) in [6.45, 7) is 13.9. The zero-order valence-electron chi connectivity index (χ0n) is 16.5. The maximum atomic E-state index is 8.88. The average molecular weight is 373 g/mol. The quantitative estimate of drug-likeness (QED) is 0.742. The van der Waals surface area contributed by atoms with Crippen molar-refractivity contribution >= 4 is 23.7 Å². The minimum atomic E-state index is -0.121. The molecule has 1 heterocycles. The van der Waals surface area contributed by atoms with Crippen LogP contribution in [0.4, 0.5) is 0 Å². The zero-order chi connectivity index (χ0) is 19.8. The topological polar surface area (TPSA) is 74.2 Å². The maximum absolute atomic E-state index is 8.88. The van der Waals surface area contributed by atoms with Gasteiger partial charge < -0.3 is 11.1 Å². The first-order valence-electron chi connectivity index (χ1n) is 9.24. The van der Waals surface area contributed by atoms with E-state index in [9.17, 15) is 0 Å². The standard InChI is InChI=1S/C17H20N4S.2C2H6/c1-13(16(19)11-17-20-7-3-8-21-17)22-9-6-14-4-2-5-15(10-14)12-18;2*1-2/h2,4-6,9-10,16H,1,3,7-8,11,19H2,(H,20,21);2*1-2H3/b9-6+;;/t16-;;/m0../s1. The van der Waals surface area contributed by atoms with Gasteiger partial charge in [-0.05, 0) is 40.5 Å². The van der Waals surface area contributed by atoms with Gasteiger partial charge in [0.25, 0.3) is 0 Å². The van der Waals surface area contributed by atoms with E-state index >= 15 is 0 Å². The summed E-state index contributed by atoms with van der Waals surface area (Å²) in [4.78, 5) is 5.33. The van der Waals surface area contributed by atoms with Crippen molar-refractivity contribution in [3.63, 3.8) is 0 Å². The second-order valence-electron chi connectivity index (χ2n) is 5.04. The molecule has 0 saturated carbocycles. The highest BCUT2D eigenvalue weighted by atomic mass is 32.2. The van der Waals surface area contributed by atoms with Crippen molar-refractivity contribution < 1.29 is 0 Å². The van der Waals surface area contributed by atoms with Crippen LogP contribution in [0, 0.1) is 11.3 Å². The molecule has 2 rings (SSSR count). The molecule has 0 amide bonds. The van der Waals surface area contributed by atoms with Gasteiger partial charge in [0.1, 0.15) is 0 Å². The first-order chi connectivity index (χ1) is 12.7. The van der Waals surface area contributed by atoms with Gasteiger partial charge in [-0.1, -0.05) is 46.4 Å². The van der Waals surface area contributed by atoms with Crippen LogP contribution in [0.3, 0.4) is 0 Å². The number of nitrogens with zero attached hydrogens (tertiary/aromatic N) is 2. The highest BCUT2D eigenvalue weighted by Gasteiger charge is 2.12. The lowest BCUT2D eigenvalue weighted by atomic mass is 10.1. The van der Waals surface area contributed by atoms with Crippen LogP contribution in [-0.2, 0) is 0 Å². The maximum Gasteiger partial charge on any atom is 0.0991 e. The third-order valence-corrected chi connectivity index (χ3v) is 4.17. The van der Waals surface area contributed by atoms with Crippen LogP contribution in [0.15, 0.2) is 46.1 Å². The fourth-order valence-corrected chi connectivity index (χ4v) is 2.70. The van der Waals surface area contributed by atoms with E-state index in [2.05, 4.69) is 23.0 Å². The Labute approximate surface area is 163 Å². The largest absolute Gasteiger partial charge is 0.374 e. The molecule has 0 unspecified atom stereocenters. The predicted molar refractivity (Wildman–Crippen MR) is 117 cm³/mol. The van der Waals surface area contributed by atoms with Gasteiger partial charge in [-0.2, -0.15) is 5.26 Å². The minimum Gasteiger partial charge on any atom is -0.374 e. The summed E-state index contributed by atoms with van der Waals surface area (Å²) < 4.78 is 0. The molecule has 142 valence electrons. The average Bonchev–Trinajstić information content (AvgIpc) is 2.72. The van der Waals surface area contributed by atoms with Crippen molar-refractivity contribution in [2.75, 3.05) is 13.1 Å². The van der Waals surface area contributed by atoms with Gasteiger partial charge in [0, 0.05) is 25.6 Å². The number of amidine groups is 1. The van der Waals surface area contributed by atoms with Crippen molar-refractivity contribution in [1.29, 1.82) is 5.26 Å². The Morgan fingerprint density at radius 1 is 1.42 bits per heavy atom. The fourth-order valence-electron chi connectivity index (χ4n) is 2.04. The van der Waals surface area contributed by atoms with Gasteiger partial charge in [-0.15, -0.1) is 11.8 Å². The van der Waals surface area contributed by atoms with Crippen LogP contribution in [0.2, 0.25) is 0 Å². The zero-order valence-corrected chi connectivity index (χ0v) is 17.3. The van der Waals surface area contributed by atoms with Crippen LogP contribution < -0.4 is 11.1 Å². The molecule has 1 aromatic carbocycles. The molecule has 3 N–H and O–H groups in total. The van der Waals surface area contributed by atoms with E-state index in [1.807, 2.05) is 57.4 Å². The van der Waals surface area contributed by atoms with E-state index in [1.165, 1.54) is 11.8 Å². The third-order valence-electron chi connectivity index (χ3n) is 3.29. The molecular formula is C21H32N4S. The number of benzene rings is 1. The molecule has 1 aromatic rings. The van der Waals surface area contributed by atoms with Crippen LogP contribution in [-0.4, -0.2) is 25.0 Å². The number of aliphatic imine (C=N–C) groups is 1. The molecule has 0 radical (unpaired) electrons. The molecule has 1 atom stereocenters. The summed E-state index contributed by atoms with van der Waals surface area (Å²) in [7, 11) is 0. The van der Waals surface area contributed by atoms with E-state index in [0.29, 0.717) is 12.0 Å². The number of nitrogens with two attached hydrogens (primary N) is 1. The molecule has 1 aliphatic heterocycles. The number of nitrogens with one attached hydrogen (secondary N) is 1. The first-order valence-corrected chi connectivity index (χ1v) is 10.1. The highest BCUT2D eigenvalue weighted by molar-refractivity contribution is 8.06. The molecule has 4 nitrogen and oxygen atoms in total. The smallest absolute Gasteiger partial charge is 0.0991 e. The molecular weight excluding hydrogens is 340 g/mol. The van der Waals surface area contributed by atoms with E-state index in [-0.39, 0.29) is 6.04 Å². The normalized spacial score (nSPS) is 13.8. The first kappa shape index (κ1) is 24.0. The highest BCUT2D eigenvalue weighted by Crippen LogP contribution is 2.21. The van der Waals surface area contributed by atoms with Gasteiger partial charge >= 0.3 is 0 Å². The second kappa shape index (κ2) is 15.2. The van der Waals surface area contributed by atoms with Gasteiger partial charge in [0.15, 0.2) is 0 Å². The number of thioether (sulfide) groups is 1. The molecule has 0 fully saturated rings. The van der Waals surface area contributed by atoms with Gasteiger partial charge in [0.05, 0.1) is 17.5 Å². The minimum absolute atomic E-state index is 0.121. The number of hydrogen-bond donors (Lipinski definition) is 2. The number of rotatable bonds is 6. The molecule has 5 heteroatoms. The molecule has 0 aliphatic carbocycles. The molecule has 0 spiro atoms. The van der Waals surface area contributed by atoms with Crippen LogP contribution >= 0.6 is 11.8 Å². The van der Waals surface area contributed by atoms with Gasteiger partial charge in [-0.25, -0.2) is 0 Å². The van der Waals surface area contributed by atoms with Crippen molar-refractivity contribution in [2.45, 2.75) is 46.6 Å². The molecule has 0 bridgehead atoms. The van der Waals surface area contributed by atoms with E-state index in [0.717, 1.165) is 35.8 Å². The van der Waals surface area contributed by atoms with E-state index in [1.54, 1.807) is 6.07 Å². The Hall–Kier alpha value is -2.03. The summed E-state index contributed by atoms with van der Waals surface area (Å²) in [5.74, 6) is 0.978. The Kier molecular flexibility index (Phi) is 14.1. The van der Waals surface area contributed by atoms with E-state index in [4.69, 9.17) is 11.0 Å². The van der Waals surface area contributed by atoms with Crippen LogP contribution in [0.1, 0.15) is 51.7 Å². The summed E-state index contributed by atoms with van der Waals surface area (Å²) >= 11 is 1.52. The van der Waals surface area contributed by atoms with Crippen molar-refractivity contribution in [1.82, 2.24) is 5.32 Å². The summed E-state index contributed by atoms with van der Waals surface area (Å²) in [5.41, 5.74) is 7.80. The monoisotopic (exact) mass is 372 g/mol. The second-order valence-corrected chi connectivity index (χ2v) is 6.08. The lowest BCUT2D eigenvalue weighted by molar-refractivity contribution is 0.707. The van der Waals surface area contributed by atoms with Gasteiger partial charge in [-0.3, -0.25) is 4.99 Å². The number of nitriles is 1. The van der Waals surface area contributed by atoms with Gasteiger partial charge in [0.2, 0.25) is 0 Å². The fraction of sp³-hybridized carbons (Fsp3) is 0.429. The Balaban J connectivity index is 0.00000146. The number of hydrogen-bond acceptors (Lipinski definition) is 5. The van der Waals surface area contributed by atoms with Crippen molar-refractivity contribution in [3.8, 4) is 6.07 Å². The Bertz CT molecular complexity index is 629. The lowest BCUT2D eigenvalue weighted by Crippen LogP contribution is -2.35. The summed E-state index contributed by atoms with van der Waals surface area (Å²) in [6.07, 6.45) is 3.74. The van der Waals surface area contributed by atoms with Crippen molar-refractivity contribution in [2.24, 2.45) is 10.7 Å². The van der Waals surface area contributed by atoms with Crippen LogP contribution in [0.25, 0.3) is 6.08 Å². The third kappa shape index (κ3) is 9.45. The Morgan fingerprint density at radius 2 is 2.15 bits per heavy atom. The molecule has 0 aromatic heterocycles. The lowest BCUT2D eigenvalue weighted by Gasteiger charge is -2.18. The SMILES string of the molecule is C=C(S/C=C/c1cccc(C#N)c1)[C@@H](N)CC1=NCCCN1.CC.CC. The molecule has 1 aliphatic rings. The molecule has 26 heavy (non-hydrogen) atoms. The van der Waals surface area contributed by atoms with E-state index < -0.39 is 0 Å². The summed E-state index contributed by atoms with van der Waals surface area (Å²) in [5, 5.41) is 14.1. The van der Waals surface area contributed by atoms with Crippen molar-refractivity contribution in [3.05, 3.63) is 52.3 Å². The predicted octanol–water partition coefficient (Wildman–Crippen LogP) is 4.94.